The SMILES string of the molecule is CCCCc1ccc2c(n1)[C@@H](c1ccc(OC)cc1C[C@H](C)C(=O)O)[C@H](C(=O)[O-])[C@H]2c1ccc2c(c1)OCO2. The lowest BCUT2D eigenvalue weighted by molar-refractivity contribution is -0.312. The topological polar surface area (TPSA) is 118 Å². The summed E-state index contributed by atoms with van der Waals surface area (Å²) in [6.07, 6.45) is 2.99. The maximum Gasteiger partial charge on any atom is 0.306 e. The molecule has 39 heavy (non-hydrogen) atoms. The third-order valence-electron chi connectivity index (χ3n) is 7.81. The third-order valence-corrected chi connectivity index (χ3v) is 7.81. The van der Waals surface area contributed by atoms with Crippen LogP contribution in [0.25, 0.3) is 0 Å². The van der Waals surface area contributed by atoms with Crippen LogP contribution in [0.2, 0.25) is 0 Å². The number of aryl methyl sites for hydroxylation is 1. The van der Waals surface area contributed by atoms with Crippen LogP contribution >= 0.6 is 0 Å². The van der Waals surface area contributed by atoms with Crippen LogP contribution in [0.3, 0.4) is 0 Å². The van der Waals surface area contributed by atoms with Crippen molar-refractivity contribution < 1.29 is 34.0 Å². The van der Waals surface area contributed by atoms with Gasteiger partial charge in [0, 0.05) is 29.4 Å². The normalized spacial score (nSPS) is 19.9. The zero-order valence-corrected chi connectivity index (χ0v) is 22.3. The van der Waals surface area contributed by atoms with Gasteiger partial charge in [0.15, 0.2) is 11.5 Å². The molecule has 0 spiro atoms. The van der Waals surface area contributed by atoms with Crippen molar-refractivity contribution in [2.24, 2.45) is 11.8 Å². The molecule has 8 heteroatoms. The number of hydrogen-bond acceptors (Lipinski definition) is 7. The number of nitrogens with zero attached hydrogens (tertiary/aromatic N) is 1. The van der Waals surface area contributed by atoms with Crippen LogP contribution in [-0.4, -0.2) is 35.9 Å². The van der Waals surface area contributed by atoms with E-state index in [2.05, 4.69) is 6.92 Å². The number of fused-ring (bicyclic) bond motifs is 2. The van der Waals surface area contributed by atoms with Crippen LogP contribution in [0.15, 0.2) is 48.5 Å². The number of rotatable bonds is 10. The van der Waals surface area contributed by atoms with Gasteiger partial charge in [-0.1, -0.05) is 38.5 Å². The zero-order valence-electron chi connectivity index (χ0n) is 22.3. The molecule has 5 rings (SSSR count). The van der Waals surface area contributed by atoms with Gasteiger partial charge in [-0.05, 0) is 71.8 Å². The summed E-state index contributed by atoms with van der Waals surface area (Å²) in [4.78, 5) is 29.8. The molecule has 0 fully saturated rings. The van der Waals surface area contributed by atoms with Crippen LogP contribution in [0.5, 0.6) is 17.2 Å². The Morgan fingerprint density at radius 3 is 2.56 bits per heavy atom. The number of carbonyl (C=O) groups excluding carboxylic acids is 1. The Balaban J connectivity index is 1.70. The number of hydrogen-bond donors (Lipinski definition) is 1. The lowest BCUT2D eigenvalue weighted by atomic mass is 9.78. The predicted molar refractivity (Wildman–Crippen MR) is 141 cm³/mol. The van der Waals surface area contributed by atoms with Gasteiger partial charge >= 0.3 is 5.97 Å². The van der Waals surface area contributed by atoms with Gasteiger partial charge in [0.05, 0.1) is 18.7 Å². The molecule has 0 bridgehead atoms. The van der Waals surface area contributed by atoms with Crippen molar-refractivity contribution in [3.05, 3.63) is 82.2 Å². The molecule has 1 aliphatic heterocycles. The fourth-order valence-electron chi connectivity index (χ4n) is 5.81. The van der Waals surface area contributed by atoms with E-state index >= 15 is 0 Å². The number of carboxylic acids is 2. The first-order valence-corrected chi connectivity index (χ1v) is 13.3. The summed E-state index contributed by atoms with van der Waals surface area (Å²) in [6.45, 7) is 3.87. The first kappa shape index (κ1) is 26.5. The summed E-state index contributed by atoms with van der Waals surface area (Å²) in [5.41, 5.74) is 4.63. The van der Waals surface area contributed by atoms with Crippen molar-refractivity contribution in [2.45, 2.75) is 51.4 Å². The van der Waals surface area contributed by atoms with E-state index in [4.69, 9.17) is 19.2 Å². The molecule has 3 aromatic rings. The van der Waals surface area contributed by atoms with Gasteiger partial charge in [0.2, 0.25) is 6.79 Å². The smallest absolute Gasteiger partial charge is 0.306 e. The fourth-order valence-corrected chi connectivity index (χ4v) is 5.81. The van der Waals surface area contributed by atoms with E-state index in [-0.39, 0.29) is 13.2 Å². The molecule has 2 aromatic carbocycles. The van der Waals surface area contributed by atoms with E-state index in [0.717, 1.165) is 47.2 Å². The van der Waals surface area contributed by atoms with Crippen molar-refractivity contribution in [3.63, 3.8) is 0 Å². The average molecular weight is 531 g/mol. The van der Waals surface area contributed by atoms with Crippen LogP contribution in [0.1, 0.15) is 72.2 Å². The van der Waals surface area contributed by atoms with Crippen molar-refractivity contribution in [1.82, 2.24) is 4.98 Å². The second kappa shape index (κ2) is 11.0. The molecular weight excluding hydrogens is 498 g/mol. The highest BCUT2D eigenvalue weighted by Crippen LogP contribution is 2.53. The number of aromatic nitrogens is 1. The molecule has 2 heterocycles. The van der Waals surface area contributed by atoms with E-state index in [1.807, 2.05) is 30.3 Å². The monoisotopic (exact) mass is 530 g/mol. The van der Waals surface area contributed by atoms with Crippen LogP contribution in [0.4, 0.5) is 0 Å². The van der Waals surface area contributed by atoms with Crippen LogP contribution < -0.4 is 19.3 Å². The Morgan fingerprint density at radius 1 is 1.08 bits per heavy atom. The largest absolute Gasteiger partial charge is 0.550 e. The molecule has 0 radical (unpaired) electrons. The van der Waals surface area contributed by atoms with Crippen molar-refractivity contribution in [1.29, 1.82) is 0 Å². The zero-order chi connectivity index (χ0) is 27.7. The van der Waals surface area contributed by atoms with E-state index < -0.39 is 35.6 Å². The summed E-state index contributed by atoms with van der Waals surface area (Å²) in [5, 5.41) is 22.6. The Morgan fingerprint density at radius 2 is 1.85 bits per heavy atom. The van der Waals surface area contributed by atoms with Crippen molar-refractivity contribution in [3.8, 4) is 17.2 Å². The molecule has 1 aromatic heterocycles. The highest BCUT2D eigenvalue weighted by Gasteiger charge is 2.45. The van der Waals surface area contributed by atoms with Crippen molar-refractivity contribution >= 4 is 11.9 Å². The van der Waals surface area contributed by atoms with Gasteiger partial charge in [-0.2, -0.15) is 0 Å². The molecular formula is C31H32NO7-. The molecule has 204 valence electrons. The summed E-state index contributed by atoms with van der Waals surface area (Å²) in [7, 11) is 1.55. The van der Waals surface area contributed by atoms with E-state index in [1.165, 1.54) is 0 Å². The standard InChI is InChI=1S/C31H33NO7/c1-4-5-6-20-8-10-23-26(18-7-12-24-25(15-18)39-16-38-24)28(31(35)36)27(29(23)32-20)22-11-9-21(37-3)14-19(22)13-17(2)30(33)34/h7-12,14-15,17,26-28H,4-6,13,16H2,1-3H3,(H,33,34)(H,35,36)/p-1/t17-,26-,27-,28+/m0/s1. The van der Waals surface area contributed by atoms with Crippen LogP contribution in [-0.2, 0) is 22.4 Å². The predicted octanol–water partition coefficient (Wildman–Crippen LogP) is 4.07. The van der Waals surface area contributed by atoms with E-state index in [1.54, 1.807) is 32.2 Å². The Hall–Kier alpha value is -4.07. The second-order valence-electron chi connectivity index (χ2n) is 10.3. The van der Waals surface area contributed by atoms with Gasteiger partial charge in [0.1, 0.15) is 5.75 Å². The molecule has 4 atom stereocenters. The molecule has 1 aliphatic carbocycles. The van der Waals surface area contributed by atoms with Gasteiger partial charge in [-0.25, -0.2) is 0 Å². The number of ether oxygens (including phenoxy) is 3. The second-order valence-corrected chi connectivity index (χ2v) is 10.3. The summed E-state index contributed by atoms with van der Waals surface area (Å²) in [5.74, 6) is -3.17. The molecule has 8 nitrogen and oxygen atoms in total. The minimum Gasteiger partial charge on any atom is -0.550 e. The molecule has 0 amide bonds. The van der Waals surface area contributed by atoms with Gasteiger partial charge in [-0.15, -0.1) is 0 Å². The number of carbonyl (C=O) groups is 2. The third kappa shape index (κ3) is 5.03. The van der Waals surface area contributed by atoms with Crippen molar-refractivity contribution in [2.75, 3.05) is 13.9 Å². The summed E-state index contributed by atoms with van der Waals surface area (Å²) < 4.78 is 16.5. The number of benzene rings is 2. The number of pyridine rings is 1. The number of methoxy groups -OCH3 is 1. The van der Waals surface area contributed by atoms with E-state index in [0.29, 0.717) is 22.9 Å². The van der Waals surface area contributed by atoms with Gasteiger partial charge < -0.3 is 29.2 Å². The molecule has 1 N–H and O–H groups in total. The average Bonchev–Trinajstić information content (AvgIpc) is 3.53. The lowest BCUT2D eigenvalue weighted by Gasteiger charge is -2.28. The molecule has 0 saturated carbocycles. The summed E-state index contributed by atoms with van der Waals surface area (Å²) >= 11 is 0. The minimum absolute atomic E-state index is 0.117. The molecule has 2 aliphatic rings. The van der Waals surface area contributed by atoms with Gasteiger partial charge in [0.25, 0.3) is 0 Å². The molecule has 0 unspecified atom stereocenters. The first-order chi connectivity index (χ1) is 18.8. The maximum atomic E-state index is 13.0. The van der Waals surface area contributed by atoms with E-state index in [9.17, 15) is 19.8 Å². The number of unbranched alkanes of at least 4 members (excludes halogenated alkanes) is 1. The highest BCUT2D eigenvalue weighted by molar-refractivity contribution is 5.76. The highest BCUT2D eigenvalue weighted by atomic mass is 16.7. The molecule has 0 saturated heterocycles. The Bertz CT molecular complexity index is 1400. The first-order valence-electron chi connectivity index (χ1n) is 13.3. The Labute approximate surface area is 227 Å². The number of carboxylic acid groups (broad SMARTS) is 2. The summed E-state index contributed by atoms with van der Waals surface area (Å²) in [6, 6.07) is 14.9. The van der Waals surface area contributed by atoms with Crippen LogP contribution in [0, 0.1) is 11.8 Å². The maximum absolute atomic E-state index is 13.0. The minimum atomic E-state index is -1.19. The fraction of sp³-hybridized carbons (Fsp3) is 0.387. The lowest BCUT2D eigenvalue weighted by Crippen LogP contribution is -2.36. The number of aliphatic carboxylic acids is 2. The Kier molecular flexibility index (Phi) is 7.46. The van der Waals surface area contributed by atoms with Gasteiger partial charge in [-0.3, -0.25) is 9.78 Å². The quantitative estimate of drug-likeness (QED) is 0.417.